The summed E-state index contributed by atoms with van der Waals surface area (Å²) in [5, 5.41) is 8.88. The number of benzene rings is 3. The Morgan fingerprint density at radius 1 is 0.710 bits per heavy atom. The number of hydrogen-bond acceptors (Lipinski definition) is 3. The van der Waals surface area contributed by atoms with E-state index in [0.29, 0.717) is 0 Å². The molecule has 4 nitrogen and oxygen atoms in total. The molecule has 0 radical (unpaired) electrons. The SMILES string of the molecule is COc1cccn2nc(C[PH](c3ccccc3)(c3ccccc3)c3ccccc3)nc12. The van der Waals surface area contributed by atoms with Gasteiger partial charge in [-0.3, -0.25) is 0 Å². The quantitative estimate of drug-likeness (QED) is 0.387. The molecule has 5 aromatic rings. The van der Waals surface area contributed by atoms with Crippen LogP contribution in [0.4, 0.5) is 0 Å². The second kappa shape index (κ2) is 8.33. The Morgan fingerprint density at radius 2 is 1.23 bits per heavy atom. The van der Waals surface area contributed by atoms with Crippen molar-refractivity contribution in [3.05, 3.63) is 115 Å². The van der Waals surface area contributed by atoms with E-state index in [9.17, 15) is 0 Å². The Hall–Kier alpha value is -3.49. The molecule has 154 valence electrons. The second-order valence-corrected chi connectivity index (χ2v) is 11.4. The second-order valence-electron chi connectivity index (χ2n) is 7.55. The number of nitrogens with zero attached hydrogens (tertiary/aromatic N) is 3. The maximum atomic E-state index is 5.51. The number of hydrogen-bond donors (Lipinski definition) is 0. The summed E-state index contributed by atoms with van der Waals surface area (Å²) in [6.07, 6.45) is 2.68. The van der Waals surface area contributed by atoms with E-state index in [0.717, 1.165) is 23.4 Å². The summed E-state index contributed by atoms with van der Waals surface area (Å²) < 4.78 is 7.33. The van der Waals surface area contributed by atoms with Crippen molar-refractivity contribution in [3.8, 4) is 5.75 Å². The van der Waals surface area contributed by atoms with Crippen LogP contribution in [0, 0.1) is 0 Å². The molecule has 5 heteroatoms. The van der Waals surface area contributed by atoms with Crippen LogP contribution in [0.3, 0.4) is 0 Å². The first-order chi connectivity index (χ1) is 15.3. The molecule has 0 atom stereocenters. The van der Waals surface area contributed by atoms with Crippen molar-refractivity contribution >= 4 is 28.8 Å². The fourth-order valence-corrected chi connectivity index (χ4v) is 8.89. The van der Waals surface area contributed by atoms with Crippen LogP contribution in [0.25, 0.3) is 5.65 Å². The molecule has 0 aliphatic heterocycles. The van der Waals surface area contributed by atoms with E-state index in [1.807, 2.05) is 22.8 Å². The molecule has 0 amide bonds. The van der Waals surface area contributed by atoms with Gasteiger partial charge in [-0.2, -0.15) is 0 Å². The molecule has 0 bridgehead atoms. The van der Waals surface area contributed by atoms with Crippen LogP contribution in [0.1, 0.15) is 5.82 Å². The summed E-state index contributed by atoms with van der Waals surface area (Å²) in [6.45, 7) is 0. The number of fused-ring (bicyclic) bond motifs is 1. The van der Waals surface area contributed by atoms with Crippen LogP contribution >= 0.6 is 7.26 Å². The minimum absolute atomic E-state index is 0.729. The summed E-state index contributed by atoms with van der Waals surface area (Å²) in [5.41, 5.74) is 0.747. The van der Waals surface area contributed by atoms with E-state index in [4.69, 9.17) is 14.8 Å². The Balaban J connectivity index is 1.76. The van der Waals surface area contributed by atoms with Crippen LogP contribution in [-0.4, -0.2) is 21.7 Å². The number of ether oxygens (including phenoxy) is 1. The third kappa shape index (κ3) is 3.49. The molecule has 0 saturated heterocycles. The van der Waals surface area contributed by atoms with Crippen molar-refractivity contribution in [3.63, 3.8) is 0 Å². The molecule has 31 heavy (non-hydrogen) atoms. The number of aromatic nitrogens is 3. The van der Waals surface area contributed by atoms with Crippen LogP contribution < -0.4 is 20.7 Å². The number of methoxy groups -OCH3 is 1. The Morgan fingerprint density at radius 3 is 1.71 bits per heavy atom. The van der Waals surface area contributed by atoms with E-state index >= 15 is 0 Å². The average molecular weight is 425 g/mol. The Bertz CT molecular complexity index is 1190. The molecular weight excluding hydrogens is 401 g/mol. The van der Waals surface area contributed by atoms with Gasteiger partial charge in [0.1, 0.15) is 0 Å². The molecule has 0 saturated carbocycles. The van der Waals surface area contributed by atoms with E-state index in [1.165, 1.54) is 15.9 Å². The van der Waals surface area contributed by atoms with Gasteiger partial charge < -0.3 is 0 Å². The van der Waals surface area contributed by atoms with Crippen LogP contribution in [-0.2, 0) is 6.16 Å². The molecular formula is C26H24N3OP. The zero-order valence-corrected chi connectivity index (χ0v) is 18.3. The van der Waals surface area contributed by atoms with Crippen molar-refractivity contribution in [2.24, 2.45) is 0 Å². The predicted octanol–water partition coefficient (Wildman–Crippen LogP) is 3.96. The van der Waals surface area contributed by atoms with E-state index in [2.05, 4.69) is 91.0 Å². The molecule has 0 aliphatic carbocycles. The topological polar surface area (TPSA) is 39.4 Å². The van der Waals surface area contributed by atoms with Gasteiger partial charge in [0.25, 0.3) is 0 Å². The first-order valence-electron chi connectivity index (χ1n) is 10.4. The van der Waals surface area contributed by atoms with Gasteiger partial charge in [-0.15, -0.1) is 0 Å². The first-order valence-corrected chi connectivity index (χ1v) is 12.6. The fourth-order valence-electron chi connectivity index (χ4n) is 4.37. The molecule has 0 fully saturated rings. The third-order valence-electron chi connectivity index (χ3n) is 5.81. The molecule has 5 rings (SSSR count). The monoisotopic (exact) mass is 425 g/mol. The zero-order valence-electron chi connectivity index (χ0n) is 17.3. The Labute approximate surface area is 182 Å². The molecule has 3 aromatic carbocycles. The molecule has 0 aliphatic rings. The molecule has 2 aromatic heterocycles. The predicted molar refractivity (Wildman–Crippen MR) is 130 cm³/mol. The van der Waals surface area contributed by atoms with Gasteiger partial charge in [-0.05, 0) is 0 Å². The summed E-state index contributed by atoms with van der Waals surface area (Å²) in [6, 6.07) is 36.4. The number of pyridine rings is 1. The van der Waals surface area contributed by atoms with Crippen LogP contribution in [0.15, 0.2) is 109 Å². The summed E-state index contributed by atoms with van der Waals surface area (Å²) in [5.74, 6) is 1.56. The van der Waals surface area contributed by atoms with Gasteiger partial charge in [-0.25, -0.2) is 0 Å². The van der Waals surface area contributed by atoms with Gasteiger partial charge in [0.05, 0.1) is 0 Å². The van der Waals surface area contributed by atoms with Crippen molar-refractivity contribution in [2.45, 2.75) is 6.16 Å². The van der Waals surface area contributed by atoms with Gasteiger partial charge in [0.2, 0.25) is 0 Å². The molecule has 0 spiro atoms. The minimum atomic E-state index is -2.43. The van der Waals surface area contributed by atoms with Gasteiger partial charge in [0, 0.05) is 0 Å². The number of rotatable bonds is 6. The zero-order chi connectivity index (χ0) is 21.1. The van der Waals surface area contributed by atoms with Crippen LogP contribution in [0.5, 0.6) is 5.75 Å². The third-order valence-corrected chi connectivity index (χ3v) is 10.6. The summed E-state index contributed by atoms with van der Waals surface area (Å²) in [4.78, 5) is 4.91. The van der Waals surface area contributed by atoms with Crippen molar-refractivity contribution < 1.29 is 4.74 Å². The van der Waals surface area contributed by atoms with Gasteiger partial charge in [0.15, 0.2) is 0 Å². The van der Waals surface area contributed by atoms with Crippen molar-refractivity contribution in [1.82, 2.24) is 14.6 Å². The maximum absolute atomic E-state index is 5.51. The first kappa shape index (κ1) is 19.5. The summed E-state index contributed by atoms with van der Waals surface area (Å²) >= 11 is 0. The van der Waals surface area contributed by atoms with Gasteiger partial charge >= 0.3 is 182 Å². The molecule has 0 unspecified atom stereocenters. The van der Waals surface area contributed by atoms with E-state index in [-0.39, 0.29) is 0 Å². The van der Waals surface area contributed by atoms with Crippen molar-refractivity contribution in [2.75, 3.05) is 7.11 Å². The summed E-state index contributed by atoms with van der Waals surface area (Å²) in [7, 11) is -0.767. The van der Waals surface area contributed by atoms with E-state index in [1.54, 1.807) is 7.11 Å². The van der Waals surface area contributed by atoms with Gasteiger partial charge in [-0.1, -0.05) is 0 Å². The normalized spacial score (nSPS) is 12.0. The molecule has 0 N–H and O–H groups in total. The van der Waals surface area contributed by atoms with Crippen molar-refractivity contribution in [1.29, 1.82) is 0 Å². The molecule has 2 heterocycles. The average Bonchev–Trinajstić information content (AvgIpc) is 3.27. The van der Waals surface area contributed by atoms with Crippen LogP contribution in [0.2, 0.25) is 0 Å². The fraction of sp³-hybridized carbons (Fsp3) is 0.0769. The van der Waals surface area contributed by atoms with E-state index < -0.39 is 7.26 Å². The Kier molecular flexibility index (Phi) is 5.23. The standard InChI is InChI=1S/C26H24N3OP/c1-30-24-18-11-19-29-26(24)27-25(28-29)20-31(21-12-5-2-6-13-21,22-14-7-3-8-15-22)23-16-9-4-10-17-23/h2-19,31H,20H2,1H3.